The van der Waals surface area contributed by atoms with Gasteiger partial charge in [0.1, 0.15) is 11.5 Å². The summed E-state index contributed by atoms with van der Waals surface area (Å²) in [4.78, 5) is 0. The molecule has 1 atom stereocenters. The Kier molecular flexibility index (Phi) is 3.50. The van der Waals surface area contributed by atoms with Crippen LogP contribution in [0.25, 0.3) is 0 Å². The molecule has 2 N–H and O–H groups in total. The first-order valence-electron chi connectivity index (χ1n) is 6.95. The highest BCUT2D eigenvalue weighted by Crippen LogP contribution is 2.34. The predicted molar refractivity (Wildman–Crippen MR) is 80.4 cm³/mol. The topological polar surface area (TPSA) is 44.5 Å². The summed E-state index contributed by atoms with van der Waals surface area (Å²) in [7, 11) is 0. The molecule has 0 fully saturated rings. The minimum absolute atomic E-state index is 0.376. The highest BCUT2D eigenvalue weighted by Gasteiger charge is 2.21. The van der Waals surface area contributed by atoms with E-state index < -0.39 is 0 Å². The van der Waals surface area contributed by atoms with Crippen LogP contribution in [0.2, 0.25) is 0 Å². The number of hydrogen-bond donors (Lipinski definition) is 1. The zero-order valence-electron chi connectivity index (χ0n) is 11.6. The Hall–Kier alpha value is -2.16. The van der Waals surface area contributed by atoms with Gasteiger partial charge in [-0.1, -0.05) is 24.3 Å². The third-order valence-electron chi connectivity index (χ3n) is 3.85. The minimum Gasteiger partial charge on any atom is -0.493 e. The smallest absolute Gasteiger partial charge is 0.124 e. The largest absolute Gasteiger partial charge is 0.493 e. The van der Waals surface area contributed by atoms with Crippen LogP contribution < -0.4 is 15.2 Å². The quantitative estimate of drug-likeness (QED) is 0.867. The zero-order chi connectivity index (χ0) is 13.9. The Morgan fingerprint density at radius 2 is 2.05 bits per heavy atom. The maximum Gasteiger partial charge on any atom is 0.124 e. The molecule has 0 amide bonds. The van der Waals surface area contributed by atoms with Gasteiger partial charge in [-0.2, -0.15) is 0 Å². The Bertz CT molecular complexity index is 610. The fourth-order valence-corrected chi connectivity index (χ4v) is 2.57. The molecule has 0 aliphatic carbocycles. The molecule has 3 heteroatoms. The van der Waals surface area contributed by atoms with Crippen LogP contribution in [0.3, 0.4) is 0 Å². The monoisotopic (exact) mass is 269 g/mol. The van der Waals surface area contributed by atoms with Crippen molar-refractivity contribution in [3.8, 4) is 11.5 Å². The molecular weight excluding hydrogens is 250 g/mol. The molecule has 20 heavy (non-hydrogen) atoms. The number of ether oxygens (including phenoxy) is 2. The van der Waals surface area contributed by atoms with E-state index in [4.69, 9.17) is 15.2 Å². The molecule has 2 aromatic rings. The van der Waals surface area contributed by atoms with E-state index in [0.717, 1.165) is 35.8 Å². The van der Waals surface area contributed by atoms with Crippen molar-refractivity contribution in [1.29, 1.82) is 0 Å². The van der Waals surface area contributed by atoms with Gasteiger partial charge in [-0.15, -0.1) is 0 Å². The zero-order valence-corrected chi connectivity index (χ0v) is 11.6. The summed E-state index contributed by atoms with van der Waals surface area (Å²) in [5.41, 5.74) is 8.92. The molecule has 0 spiro atoms. The van der Waals surface area contributed by atoms with Gasteiger partial charge in [0.2, 0.25) is 0 Å². The lowest BCUT2D eigenvalue weighted by Crippen LogP contribution is -2.19. The third kappa shape index (κ3) is 2.44. The van der Waals surface area contributed by atoms with Crippen molar-refractivity contribution in [2.24, 2.45) is 0 Å². The van der Waals surface area contributed by atoms with E-state index in [9.17, 15) is 0 Å². The molecule has 0 bridgehead atoms. The number of benzene rings is 2. The van der Waals surface area contributed by atoms with E-state index in [0.29, 0.717) is 12.5 Å². The summed E-state index contributed by atoms with van der Waals surface area (Å²) in [5.74, 6) is 2.23. The van der Waals surface area contributed by atoms with Crippen LogP contribution in [0.1, 0.15) is 23.5 Å². The SMILES string of the molecule is Cc1c(N)cccc1OCC1CCOc2ccccc21. The van der Waals surface area contributed by atoms with Crippen LogP contribution in [-0.2, 0) is 0 Å². The standard InChI is InChI=1S/C17H19NO2/c1-12-15(18)6-4-8-16(12)20-11-13-9-10-19-17-7-3-2-5-14(13)17/h2-8,13H,9-11,18H2,1H3. The number of hydrogen-bond acceptors (Lipinski definition) is 3. The van der Waals surface area contributed by atoms with Crippen LogP contribution in [0.15, 0.2) is 42.5 Å². The van der Waals surface area contributed by atoms with Gasteiger partial charge in [0, 0.05) is 22.7 Å². The molecule has 1 unspecified atom stereocenters. The molecular formula is C17H19NO2. The van der Waals surface area contributed by atoms with Gasteiger partial charge in [0.25, 0.3) is 0 Å². The number of anilines is 1. The molecule has 1 aliphatic heterocycles. The maximum absolute atomic E-state index is 5.98. The first-order valence-corrected chi connectivity index (χ1v) is 6.95. The fourth-order valence-electron chi connectivity index (χ4n) is 2.57. The second kappa shape index (κ2) is 5.45. The van der Waals surface area contributed by atoms with Crippen molar-refractivity contribution in [1.82, 2.24) is 0 Å². The number of rotatable bonds is 3. The first kappa shape index (κ1) is 12.9. The van der Waals surface area contributed by atoms with E-state index in [1.807, 2.05) is 43.3 Å². The van der Waals surface area contributed by atoms with Crippen LogP contribution >= 0.6 is 0 Å². The van der Waals surface area contributed by atoms with Crippen molar-refractivity contribution in [3.63, 3.8) is 0 Å². The van der Waals surface area contributed by atoms with Gasteiger partial charge >= 0.3 is 0 Å². The van der Waals surface area contributed by atoms with E-state index in [1.165, 1.54) is 5.56 Å². The lowest BCUT2D eigenvalue weighted by atomic mass is 9.94. The van der Waals surface area contributed by atoms with E-state index in [-0.39, 0.29) is 0 Å². The molecule has 3 rings (SSSR count). The molecule has 1 aliphatic rings. The summed E-state index contributed by atoms with van der Waals surface area (Å²) >= 11 is 0. The number of nitrogens with two attached hydrogens (primary N) is 1. The highest BCUT2D eigenvalue weighted by molar-refractivity contribution is 5.53. The molecule has 1 heterocycles. The fraction of sp³-hybridized carbons (Fsp3) is 0.294. The maximum atomic E-state index is 5.98. The van der Waals surface area contributed by atoms with Crippen molar-refractivity contribution in [3.05, 3.63) is 53.6 Å². The molecule has 2 aromatic carbocycles. The number of fused-ring (bicyclic) bond motifs is 1. The van der Waals surface area contributed by atoms with Gasteiger partial charge in [-0.3, -0.25) is 0 Å². The van der Waals surface area contributed by atoms with Crippen LogP contribution in [0.4, 0.5) is 5.69 Å². The second-order valence-corrected chi connectivity index (χ2v) is 5.15. The van der Waals surface area contributed by atoms with Crippen LogP contribution in [-0.4, -0.2) is 13.2 Å². The molecule has 0 saturated heterocycles. The minimum atomic E-state index is 0.376. The van der Waals surface area contributed by atoms with Crippen LogP contribution in [0.5, 0.6) is 11.5 Å². The Labute approximate surface area is 119 Å². The summed E-state index contributed by atoms with van der Waals surface area (Å²) in [6.45, 7) is 3.40. The molecule has 104 valence electrons. The molecule has 3 nitrogen and oxygen atoms in total. The second-order valence-electron chi connectivity index (χ2n) is 5.15. The van der Waals surface area contributed by atoms with Crippen LogP contribution in [0, 0.1) is 6.92 Å². The Morgan fingerprint density at radius 1 is 1.20 bits per heavy atom. The Balaban J connectivity index is 1.75. The molecule has 0 radical (unpaired) electrons. The van der Waals surface area contributed by atoms with E-state index in [1.54, 1.807) is 0 Å². The Morgan fingerprint density at radius 3 is 2.95 bits per heavy atom. The van der Waals surface area contributed by atoms with Gasteiger partial charge in [0.15, 0.2) is 0 Å². The van der Waals surface area contributed by atoms with Crippen molar-refractivity contribution < 1.29 is 9.47 Å². The average molecular weight is 269 g/mol. The van der Waals surface area contributed by atoms with Gasteiger partial charge in [0.05, 0.1) is 13.2 Å². The van der Waals surface area contributed by atoms with Gasteiger partial charge in [-0.25, -0.2) is 0 Å². The van der Waals surface area contributed by atoms with Crippen molar-refractivity contribution in [2.45, 2.75) is 19.3 Å². The number of para-hydroxylation sites is 1. The predicted octanol–water partition coefficient (Wildman–Crippen LogP) is 3.52. The van der Waals surface area contributed by atoms with Gasteiger partial charge < -0.3 is 15.2 Å². The number of nitrogen functional groups attached to an aromatic ring is 1. The van der Waals surface area contributed by atoms with Crippen molar-refractivity contribution in [2.75, 3.05) is 18.9 Å². The lowest BCUT2D eigenvalue weighted by molar-refractivity contribution is 0.217. The molecule has 0 aromatic heterocycles. The van der Waals surface area contributed by atoms with E-state index >= 15 is 0 Å². The first-order chi connectivity index (χ1) is 9.75. The summed E-state index contributed by atoms with van der Waals surface area (Å²) in [5, 5.41) is 0. The summed E-state index contributed by atoms with van der Waals surface area (Å²) in [6, 6.07) is 14.0. The highest BCUT2D eigenvalue weighted by atomic mass is 16.5. The average Bonchev–Trinajstić information content (AvgIpc) is 2.49. The molecule has 0 saturated carbocycles. The van der Waals surface area contributed by atoms with Gasteiger partial charge in [-0.05, 0) is 31.5 Å². The summed E-state index contributed by atoms with van der Waals surface area (Å²) in [6.07, 6.45) is 0.985. The summed E-state index contributed by atoms with van der Waals surface area (Å²) < 4.78 is 11.7. The van der Waals surface area contributed by atoms with Crippen molar-refractivity contribution >= 4 is 5.69 Å². The third-order valence-corrected chi connectivity index (χ3v) is 3.85. The normalized spacial score (nSPS) is 17.1. The van der Waals surface area contributed by atoms with E-state index in [2.05, 4.69) is 6.07 Å². The lowest BCUT2D eigenvalue weighted by Gasteiger charge is -2.26.